The number of oxazole rings is 1. The summed E-state index contributed by atoms with van der Waals surface area (Å²) in [5.74, 6) is -7.85. The number of aryl methyl sites for hydroxylation is 4. The fourth-order valence-corrected chi connectivity index (χ4v) is 10.8. The lowest BCUT2D eigenvalue weighted by atomic mass is 9.97. The number of aromatic nitrogens is 6. The van der Waals surface area contributed by atoms with Crippen LogP contribution in [0.4, 0.5) is 5.95 Å². The van der Waals surface area contributed by atoms with Gasteiger partial charge in [-0.15, -0.1) is 0 Å². The number of rotatable bonds is 28. The zero-order valence-electron chi connectivity index (χ0n) is 46.5. The second kappa shape index (κ2) is 27.2. The number of carboxylic acid groups (broad SMARTS) is 1. The largest absolute Gasteiger partial charge is 0.494 e. The molecule has 1 saturated heterocycles. The number of fused-ring (bicyclic) bond motifs is 2. The first-order valence-corrected chi connectivity index (χ1v) is 28.3. The van der Waals surface area contributed by atoms with E-state index >= 15 is 0 Å². The Morgan fingerprint density at radius 3 is 2.30 bits per heavy atom. The Morgan fingerprint density at radius 1 is 0.952 bits per heavy atom. The summed E-state index contributed by atoms with van der Waals surface area (Å²) >= 11 is 2.30. The number of Topliss-reactive ketones (excluding diaryl/α,β-unsaturated/α-hetero) is 1. The standard InChI is InChI=1S/C54H62N12O15S2/c1-8-32-46(81-29(5)57-32)50(75)60-53-59-34-21-30(47(55)72)23-38(79-17-12-18-80-52(77)27(3)19-36(67)33(13-14-43(70)71)58-41(68)26-65-42(69)25-40(82-7)51(65)76)44(34)63(53)15-10-11-16-64-45-37(78-6)22-31(48(56)73)24-39(45)83-54(64)61-49(74)35-20-28(4)62-66(35)9-2/h10-11,20-24,27,33,40H,8-9,12-19,25-26H2,1-7H3,(H2,55,72)(H2,56,73)(H,58,68)(H,70,71)(H,59,60,75)/b11-10+,61-54?/t27-,33+,40?/m1/s1. The third-order valence-corrected chi connectivity index (χ3v) is 15.1. The van der Waals surface area contributed by atoms with E-state index in [-0.39, 0.29) is 102 Å². The van der Waals surface area contributed by atoms with E-state index in [1.165, 1.54) is 32.2 Å². The molecule has 440 valence electrons. The van der Waals surface area contributed by atoms with Crippen LogP contribution in [0.3, 0.4) is 0 Å². The molecule has 0 bridgehead atoms. The minimum Gasteiger partial charge on any atom is -0.494 e. The number of hydrogen-bond donors (Lipinski definition) is 5. The van der Waals surface area contributed by atoms with Gasteiger partial charge in [-0.3, -0.25) is 62.8 Å². The van der Waals surface area contributed by atoms with Crippen molar-refractivity contribution in [3.05, 3.63) is 87.1 Å². The molecule has 0 spiro atoms. The molecule has 7 amide bonds. The number of allylic oxidation sites excluding steroid dienone is 2. The highest BCUT2D eigenvalue weighted by atomic mass is 32.2. The number of aliphatic carboxylic acids is 1. The summed E-state index contributed by atoms with van der Waals surface area (Å²) in [6, 6.07) is 6.18. The van der Waals surface area contributed by atoms with Gasteiger partial charge in [0, 0.05) is 63.4 Å². The molecular formula is C54H62N12O15S2. The van der Waals surface area contributed by atoms with Gasteiger partial charge < -0.3 is 49.7 Å². The number of nitrogens with two attached hydrogens (primary N) is 2. The highest BCUT2D eigenvalue weighted by Crippen LogP contribution is 2.33. The third kappa shape index (κ3) is 14.6. The molecule has 4 aromatic heterocycles. The molecule has 1 aliphatic rings. The normalized spacial score (nSPS) is 14.4. The first-order valence-electron chi connectivity index (χ1n) is 26.2. The Balaban J connectivity index is 1.12. The van der Waals surface area contributed by atoms with Crippen molar-refractivity contribution in [1.82, 2.24) is 39.1 Å². The van der Waals surface area contributed by atoms with Crippen LogP contribution in [-0.4, -0.2) is 142 Å². The number of imidazole rings is 1. The number of benzene rings is 2. The molecule has 7 N–H and O–H groups in total. The van der Waals surface area contributed by atoms with E-state index in [1.54, 1.807) is 58.2 Å². The Labute approximate surface area is 481 Å². The summed E-state index contributed by atoms with van der Waals surface area (Å²) < 4.78 is 28.6. The summed E-state index contributed by atoms with van der Waals surface area (Å²) in [5.41, 5.74) is 13.9. The smallest absolute Gasteiger partial charge is 0.309 e. The number of thioether (sulfide) groups is 1. The molecule has 0 aliphatic carbocycles. The first kappa shape index (κ1) is 61.6. The van der Waals surface area contributed by atoms with Crippen LogP contribution in [0.5, 0.6) is 11.5 Å². The number of ether oxygens (including phenoxy) is 3. The van der Waals surface area contributed by atoms with Crippen molar-refractivity contribution in [1.29, 1.82) is 0 Å². The quantitative estimate of drug-likeness (QED) is 0.0203. The number of carboxylic acids is 1. The number of primary amides is 2. The Kier molecular flexibility index (Phi) is 20.2. The SMILES string of the molecule is CCc1nc(C)oc1C(=O)Nc1nc2cc(C(N)=O)cc(OCCCOC(=O)[C@H](C)CC(=O)[C@H](CCC(=O)O)NC(=O)CN3C(=O)CC(SC)C3=O)c2n1C/C=C/Cn1c(=NC(=O)c2cc(C)nn2CC)sc2cc(C(N)=O)cc(OC)c21. The molecule has 2 aromatic carbocycles. The van der Waals surface area contributed by atoms with Crippen LogP contribution in [0.25, 0.3) is 21.3 Å². The zero-order chi connectivity index (χ0) is 60.4. The monoisotopic (exact) mass is 1180 g/mol. The van der Waals surface area contributed by atoms with Crippen molar-refractivity contribution in [2.24, 2.45) is 22.4 Å². The van der Waals surface area contributed by atoms with Crippen molar-refractivity contribution in [2.75, 3.05) is 38.4 Å². The molecule has 5 heterocycles. The van der Waals surface area contributed by atoms with Gasteiger partial charge >= 0.3 is 11.9 Å². The van der Waals surface area contributed by atoms with Crippen LogP contribution in [0, 0.1) is 19.8 Å². The minimum atomic E-state index is -1.35. The van der Waals surface area contributed by atoms with Gasteiger partial charge in [0.1, 0.15) is 34.8 Å². The minimum absolute atomic E-state index is 0.000972. The Bertz CT molecular complexity index is 3660. The fraction of sp³-hybridized carbons (Fsp3) is 0.407. The number of nitrogens with one attached hydrogen (secondary N) is 2. The molecular weight excluding hydrogens is 1120 g/mol. The van der Waals surface area contributed by atoms with Gasteiger partial charge in [-0.05, 0) is 63.3 Å². The van der Waals surface area contributed by atoms with Crippen LogP contribution in [0.2, 0.25) is 0 Å². The van der Waals surface area contributed by atoms with E-state index in [0.717, 1.165) is 28.0 Å². The summed E-state index contributed by atoms with van der Waals surface area (Å²) in [6.07, 6.45) is 4.26. The van der Waals surface area contributed by atoms with Gasteiger partial charge in [0.25, 0.3) is 11.8 Å². The number of carbonyl (C=O) groups excluding carboxylic acids is 9. The molecule has 1 unspecified atom stereocenters. The number of nitrogens with zero attached hydrogens (tertiary/aromatic N) is 8. The van der Waals surface area contributed by atoms with Crippen molar-refractivity contribution < 1.29 is 71.7 Å². The zero-order valence-corrected chi connectivity index (χ0v) is 48.1. The van der Waals surface area contributed by atoms with Gasteiger partial charge in [-0.1, -0.05) is 37.3 Å². The fourth-order valence-electron chi connectivity index (χ4n) is 9.04. The summed E-state index contributed by atoms with van der Waals surface area (Å²) in [6.45, 7) is 7.94. The second-order valence-electron chi connectivity index (χ2n) is 19.1. The number of esters is 1. The van der Waals surface area contributed by atoms with Crippen molar-refractivity contribution in [2.45, 2.75) is 104 Å². The van der Waals surface area contributed by atoms with Crippen LogP contribution < -0.4 is 36.4 Å². The number of thiazole rings is 1. The number of methoxy groups -OCH3 is 1. The highest BCUT2D eigenvalue weighted by molar-refractivity contribution is 8.00. The number of anilines is 1. The molecule has 6 aromatic rings. The van der Waals surface area contributed by atoms with E-state index < -0.39 is 95.7 Å². The average Bonchev–Trinajstić information content (AvgIpc) is 4.37. The maximum absolute atomic E-state index is 13.9. The van der Waals surface area contributed by atoms with Crippen molar-refractivity contribution >= 4 is 109 Å². The molecule has 83 heavy (non-hydrogen) atoms. The lowest BCUT2D eigenvalue weighted by molar-refractivity contribution is -0.150. The Hall–Kier alpha value is -8.99. The van der Waals surface area contributed by atoms with E-state index in [4.69, 9.17) is 35.1 Å². The number of amides is 7. The summed E-state index contributed by atoms with van der Waals surface area (Å²) in [7, 11) is 1.43. The molecule has 0 radical (unpaired) electrons. The molecule has 1 aliphatic heterocycles. The number of carbonyl (C=O) groups is 10. The average molecular weight is 1180 g/mol. The first-order chi connectivity index (χ1) is 39.5. The van der Waals surface area contributed by atoms with Crippen molar-refractivity contribution in [3.63, 3.8) is 0 Å². The maximum atomic E-state index is 13.9. The maximum Gasteiger partial charge on any atom is 0.309 e. The van der Waals surface area contributed by atoms with E-state index in [2.05, 4.69) is 25.7 Å². The Morgan fingerprint density at radius 2 is 1.65 bits per heavy atom. The van der Waals surface area contributed by atoms with Crippen LogP contribution in [-0.2, 0) is 59.6 Å². The van der Waals surface area contributed by atoms with Gasteiger partial charge in [0.05, 0.1) is 59.1 Å². The van der Waals surface area contributed by atoms with Crippen LogP contribution in [0.1, 0.15) is 112 Å². The molecule has 1 fully saturated rings. The van der Waals surface area contributed by atoms with E-state index in [0.29, 0.717) is 40.1 Å². The predicted octanol–water partition coefficient (Wildman–Crippen LogP) is 3.64. The van der Waals surface area contributed by atoms with Gasteiger partial charge in [-0.25, -0.2) is 9.97 Å². The number of ketones is 1. The van der Waals surface area contributed by atoms with Gasteiger partial charge in [-0.2, -0.15) is 21.9 Å². The number of likely N-dealkylation sites (tertiary alicyclic amines) is 1. The number of imide groups is 1. The van der Waals surface area contributed by atoms with E-state index in [1.807, 2.05) is 13.8 Å². The molecule has 7 rings (SSSR count). The van der Waals surface area contributed by atoms with Crippen molar-refractivity contribution in [3.8, 4) is 11.5 Å². The lowest BCUT2D eigenvalue weighted by Gasteiger charge is -2.21. The predicted molar refractivity (Wildman–Crippen MR) is 301 cm³/mol. The molecule has 29 heteroatoms. The molecule has 0 saturated carbocycles. The van der Waals surface area contributed by atoms with Gasteiger partial charge in [0.15, 0.2) is 16.5 Å². The third-order valence-electron chi connectivity index (χ3n) is 13.1. The summed E-state index contributed by atoms with van der Waals surface area (Å²) in [5, 5.41) is 18.3. The second-order valence-corrected chi connectivity index (χ2v) is 21.1. The molecule has 3 atom stereocenters. The summed E-state index contributed by atoms with van der Waals surface area (Å²) in [4.78, 5) is 143. The highest BCUT2D eigenvalue weighted by Gasteiger charge is 2.39. The lowest BCUT2D eigenvalue weighted by Crippen LogP contribution is -2.47. The molecule has 27 nitrogen and oxygen atoms in total. The van der Waals surface area contributed by atoms with E-state index in [9.17, 15) is 53.1 Å². The van der Waals surface area contributed by atoms with Crippen LogP contribution >= 0.6 is 23.1 Å². The number of hydrogen-bond acceptors (Lipinski definition) is 19. The topological polar surface area (TPSA) is 377 Å². The van der Waals surface area contributed by atoms with Gasteiger partial charge in [0.2, 0.25) is 41.2 Å². The van der Waals surface area contributed by atoms with Crippen LogP contribution in [0.15, 0.2) is 51.9 Å².